The molecule has 0 bridgehead atoms. The van der Waals surface area contributed by atoms with Gasteiger partial charge < -0.3 is 10.1 Å². The van der Waals surface area contributed by atoms with E-state index in [1.807, 2.05) is 25.1 Å². The third-order valence-electron chi connectivity index (χ3n) is 4.46. The Labute approximate surface area is 167 Å². The molecule has 2 rings (SSSR count). The number of sulfonamides is 1. The standard InChI is InChI=1S/C21H28N2O4S/c1-5-19(27-18-11-9-8-10-12-18)21(24)22-17-14-13-16(4)20(15-17)28(25,26)23(6-2)7-3/h8-15,19H,5-7H2,1-4H3,(H,22,24)/t19-/m0/s1. The first-order chi connectivity index (χ1) is 13.3. The summed E-state index contributed by atoms with van der Waals surface area (Å²) in [5.74, 6) is 0.291. The number of carbonyl (C=O) groups is 1. The second kappa shape index (κ2) is 9.71. The van der Waals surface area contributed by atoms with E-state index in [2.05, 4.69) is 5.32 Å². The monoisotopic (exact) mass is 404 g/mol. The highest BCUT2D eigenvalue weighted by Crippen LogP contribution is 2.24. The summed E-state index contributed by atoms with van der Waals surface area (Å²) < 4.78 is 32.9. The molecule has 0 radical (unpaired) electrons. The van der Waals surface area contributed by atoms with Gasteiger partial charge in [-0.3, -0.25) is 4.79 Å². The Bertz CT molecular complexity index is 894. The van der Waals surface area contributed by atoms with Gasteiger partial charge in [0.25, 0.3) is 5.91 Å². The molecule has 7 heteroatoms. The van der Waals surface area contributed by atoms with Crippen molar-refractivity contribution in [3.63, 3.8) is 0 Å². The van der Waals surface area contributed by atoms with E-state index in [-0.39, 0.29) is 10.8 Å². The first kappa shape index (κ1) is 21.9. The van der Waals surface area contributed by atoms with Crippen molar-refractivity contribution in [2.24, 2.45) is 0 Å². The normalized spacial score (nSPS) is 12.6. The van der Waals surface area contributed by atoms with Gasteiger partial charge in [-0.1, -0.05) is 45.0 Å². The lowest BCUT2D eigenvalue weighted by Gasteiger charge is -2.21. The lowest BCUT2D eigenvalue weighted by Crippen LogP contribution is -2.33. The topological polar surface area (TPSA) is 75.7 Å². The fraction of sp³-hybridized carbons (Fsp3) is 0.381. The molecule has 28 heavy (non-hydrogen) atoms. The Morgan fingerprint density at radius 3 is 2.29 bits per heavy atom. The van der Waals surface area contributed by atoms with E-state index in [1.54, 1.807) is 45.0 Å². The Kier molecular flexibility index (Phi) is 7.60. The number of benzene rings is 2. The van der Waals surface area contributed by atoms with E-state index in [4.69, 9.17) is 4.74 Å². The lowest BCUT2D eigenvalue weighted by atomic mass is 10.2. The van der Waals surface area contributed by atoms with E-state index in [0.717, 1.165) is 0 Å². The number of amides is 1. The van der Waals surface area contributed by atoms with E-state index in [1.165, 1.54) is 10.4 Å². The van der Waals surface area contributed by atoms with Crippen LogP contribution >= 0.6 is 0 Å². The summed E-state index contributed by atoms with van der Waals surface area (Å²) in [6.07, 6.45) is -0.191. The van der Waals surface area contributed by atoms with Crippen LogP contribution < -0.4 is 10.1 Å². The van der Waals surface area contributed by atoms with Crippen molar-refractivity contribution in [2.75, 3.05) is 18.4 Å². The van der Waals surface area contributed by atoms with Gasteiger partial charge in [0.1, 0.15) is 5.75 Å². The Hall–Kier alpha value is -2.38. The van der Waals surface area contributed by atoms with Crippen LogP contribution in [0.5, 0.6) is 5.75 Å². The number of hydrogen-bond acceptors (Lipinski definition) is 4. The molecule has 0 aliphatic rings. The molecule has 6 nitrogen and oxygen atoms in total. The lowest BCUT2D eigenvalue weighted by molar-refractivity contribution is -0.122. The van der Waals surface area contributed by atoms with Crippen LogP contribution in [0.3, 0.4) is 0 Å². The Morgan fingerprint density at radius 2 is 1.71 bits per heavy atom. The number of hydrogen-bond donors (Lipinski definition) is 1. The van der Waals surface area contributed by atoms with Crippen LogP contribution in [0.15, 0.2) is 53.4 Å². The molecule has 0 aliphatic heterocycles. The smallest absolute Gasteiger partial charge is 0.265 e. The van der Waals surface area contributed by atoms with Gasteiger partial charge in [-0.25, -0.2) is 8.42 Å². The second-order valence-electron chi connectivity index (χ2n) is 6.39. The van der Waals surface area contributed by atoms with Crippen molar-refractivity contribution in [2.45, 2.75) is 45.1 Å². The minimum Gasteiger partial charge on any atom is -0.481 e. The number of para-hydroxylation sites is 1. The van der Waals surface area contributed by atoms with Crippen LogP contribution in [0.2, 0.25) is 0 Å². The van der Waals surface area contributed by atoms with Crippen molar-refractivity contribution < 1.29 is 17.9 Å². The first-order valence-electron chi connectivity index (χ1n) is 9.46. The number of nitrogens with one attached hydrogen (secondary N) is 1. The number of carbonyl (C=O) groups excluding carboxylic acids is 1. The zero-order valence-electron chi connectivity index (χ0n) is 16.8. The summed E-state index contributed by atoms with van der Waals surface area (Å²) in [6, 6.07) is 14.0. The summed E-state index contributed by atoms with van der Waals surface area (Å²) >= 11 is 0. The number of aryl methyl sites for hydroxylation is 1. The van der Waals surface area contributed by atoms with E-state index >= 15 is 0 Å². The fourth-order valence-electron chi connectivity index (χ4n) is 2.87. The Morgan fingerprint density at radius 1 is 1.07 bits per heavy atom. The average molecular weight is 405 g/mol. The summed E-state index contributed by atoms with van der Waals surface area (Å²) in [5.41, 5.74) is 1.06. The fourth-order valence-corrected chi connectivity index (χ4v) is 4.58. The van der Waals surface area contributed by atoms with E-state index in [0.29, 0.717) is 36.5 Å². The minimum absolute atomic E-state index is 0.200. The SMILES string of the molecule is CC[C@H](Oc1ccccc1)C(=O)Nc1ccc(C)c(S(=O)(=O)N(CC)CC)c1. The largest absolute Gasteiger partial charge is 0.481 e. The zero-order chi connectivity index (χ0) is 20.7. The third kappa shape index (κ3) is 5.11. The summed E-state index contributed by atoms with van der Waals surface area (Å²) in [6.45, 7) is 7.98. The molecule has 0 fully saturated rings. The zero-order valence-corrected chi connectivity index (χ0v) is 17.6. The minimum atomic E-state index is -3.61. The molecule has 0 saturated carbocycles. The van der Waals surface area contributed by atoms with Gasteiger partial charge in [0.15, 0.2) is 6.10 Å². The first-order valence-corrected chi connectivity index (χ1v) is 10.9. The Balaban J connectivity index is 2.23. The van der Waals surface area contributed by atoms with Crippen LogP contribution in [0.1, 0.15) is 32.8 Å². The van der Waals surface area contributed by atoms with Crippen LogP contribution in [0, 0.1) is 6.92 Å². The molecule has 0 aromatic heterocycles. The molecular formula is C21H28N2O4S. The summed E-state index contributed by atoms with van der Waals surface area (Å²) in [4.78, 5) is 12.8. The van der Waals surface area contributed by atoms with Gasteiger partial charge in [0.05, 0.1) is 4.90 Å². The van der Waals surface area contributed by atoms with Crippen LogP contribution in [-0.2, 0) is 14.8 Å². The van der Waals surface area contributed by atoms with Crippen LogP contribution in [-0.4, -0.2) is 37.8 Å². The molecule has 2 aromatic carbocycles. The van der Waals surface area contributed by atoms with Gasteiger partial charge in [0.2, 0.25) is 10.0 Å². The molecule has 0 heterocycles. The highest BCUT2D eigenvalue weighted by molar-refractivity contribution is 7.89. The summed E-state index contributed by atoms with van der Waals surface area (Å²) in [5, 5.41) is 2.78. The quantitative estimate of drug-likeness (QED) is 0.689. The van der Waals surface area contributed by atoms with E-state index < -0.39 is 16.1 Å². The number of rotatable bonds is 9. The van der Waals surface area contributed by atoms with Gasteiger partial charge >= 0.3 is 0 Å². The predicted molar refractivity (Wildman–Crippen MR) is 111 cm³/mol. The van der Waals surface area contributed by atoms with Crippen molar-refractivity contribution in [1.29, 1.82) is 0 Å². The maximum Gasteiger partial charge on any atom is 0.265 e. The number of ether oxygens (including phenoxy) is 1. The second-order valence-corrected chi connectivity index (χ2v) is 8.29. The molecule has 0 aliphatic carbocycles. The van der Waals surface area contributed by atoms with Crippen molar-refractivity contribution in [3.8, 4) is 5.75 Å². The molecule has 1 N–H and O–H groups in total. The van der Waals surface area contributed by atoms with Crippen molar-refractivity contribution in [1.82, 2.24) is 4.31 Å². The van der Waals surface area contributed by atoms with Crippen LogP contribution in [0.4, 0.5) is 5.69 Å². The highest BCUT2D eigenvalue weighted by Gasteiger charge is 2.25. The molecule has 152 valence electrons. The predicted octanol–water partition coefficient (Wildman–Crippen LogP) is 3.82. The number of anilines is 1. The highest BCUT2D eigenvalue weighted by atomic mass is 32.2. The molecule has 1 amide bonds. The molecule has 2 aromatic rings. The average Bonchev–Trinajstić information content (AvgIpc) is 2.68. The molecule has 0 unspecified atom stereocenters. The molecular weight excluding hydrogens is 376 g/mol. The van der Waals surface area contributed by atoms with Crippen LogP contribution in [0.25, 0.3) is 0 Å². The molecule has 1 atom stereocenters. The molecule has 0 spiro atoms. The maximum absolute atomic E-state index is 12.9. The van der Waals surface area contributed by atoms with Crippen molar-refractivity contribution >= 4 is 21.6 Å². The van der Waals surface area contributed by atoms with Gasteiger partial charge in [-0.05, 0) is 43.2 Å². The number of nitrogens with zero attached hydrogens (tertiary/aromatic N) is 1. The summed E-state index contributed by atoms with van der Waals surface area (Å²) in [7, 11) is -3.61. The van der Waals surface area contributed by atoms with Crippen molar-refractivity contribution in [3.05, 3.63) is 54.1 Å². The third-order valence-corrected chi connectivity index (χ3v) is 6.66. The molecule has 0 saturated heterocycles. The van der Waals surface area contributed by atoms with E-state index in [9.17, 15) is 13.2 Å². The van der Waals surface area contributed by atoms with Gasteiger partial charge in [-0.15, -0.1) is 0 Å². The maximum atomic E-state index is 12.9. The van der Waals surface area contributed by atoms with Gasteiger partial charge in [0, 0.05) is 18.8 Å². The van der Waals surface area contributed by atoms with Gasteiger partial charge in [-0.2, -0.15) is 4.31 Å².